The van der Waals surface area contributed by atoms with Crippen LogP contribution in [-0.2, 0) is 6.54 Å². The Hall–Kier alpha value is -0.970. The van der Waals surface area contributed by atoms with Crippen molar-refractivity contribution in [1.29, 1.82) is 0 Å². The lowest BCUT2D eigenvalue weighted by Crippen LogP contribution is -2.20. The number of aromatic nitrogens is 1. The molecule has 0 amide bonds. The molecule has 94 valence electrons. The van der Waals surface area contributed by atoms with E-state index in [2.05, 4.69) is 29.1 Å². The molecule has 0 aromatic carbocycles. The van der Waals surface area contributed by atoms with Gasteiger partial charge in [-0.2, -0.15) is 0 Å². The number of nitrogens with one attached hydrogen (secondary N) is 1. The van der Waals surface area contributed by atoms with Crippen LogP contribution in [-0.4, -0.2) is 21.9 Å². The Morgan fingerprint density at radius 1 is 1.47 bits per heavy atom. The lowest BCUT2D eigenvalue weighted by Gasteiger charge is -2.11. The number of nitrogens with zero attached hydrogens (tertiary/aromatic N) is 2. The third-order valence-electron chi connectivity index (χ3n) is 2.89. The van der Waals surface area contributed by atoms with Crippen molar-refractivity contribution in [1.82, 2.24) is 10.3 Å². The second-order valence-electron chi connectivity index (χ2n) is 4.65. The van der Waals surface area contributed by atoms with E-state index in [9.17, 15) is 0 Å². The van der Waals surface area contributed by atoms with Crippen molar-refractivity contribution in [3.63, 3.8) is 0 Å². The molecule has 1 aliphatic heterocycles. The van der Waals surface area contributed by atoms with Crippen molar-refractivity contribution >= 4 is 16.9 Å². The van der Waals surface area contributed by atoms with Crippen LogP contribution in [0.1, 0.15) is 31.2 Å². The maximum atomic E-state index is 5.51. The number of rotatable bonds is 3. The molecule has 0 bridgehead atoms. The highest BCUT2D eigenvalue weighted by Gasteiger charge is 2.22. The number of thioether (sulfide) groups is 1. The minimum atomic E-state index is 0.602. The second-order valence-corrected chi connectivity index (χ2v) is 5.88. The van der Waals surface area contributed by atoms with E-state index in [-0.39, 0.29) is 0 Å². The van der Waals surface area contributed by atoms with Gasteiger partial charge in [0.1, 0.15) is 5.76 Å². The number of aliphatic imine (C=N–C) groups is 1. The first kappa shape index (κ1) is 12.5. The van der Waals surface area contributed by atoms with Crippen LogP contribution in [0, 0.1) is 19.8 Å². The third kappa shape index (κ3) is 3.03. The van der Waals surface area contributed by atoms with Crippen LogP contribution in [0.3, 0.4) is 0 Å². The molecule has 1 N–H and O–H groups in total. The van der Waals surface area contributed by atoms with Crippen molar-refractivity contribution in [3.05, 3.63) is 17.3 Å². The highest BCUT2D eigenvalue weighted by Crippen LogP contribution is 2.26. The minimum absolute atomic E-state index is 0.602. The summed E-state index contributed by atoms with van der Waals surface area (Å²) in [5.74, 6) is 2.29. The number of amidine groups is 1. The van der Waals surface area contributed by atoms with E-state index in [1.807, 2.05) is 25.6 Å². The smallest absolute Gasteiger partial charge is 0.213 e. The van der Waals surface area contributed by atoms with E-state index in [1.165, 1.54) is 0 Å². The molecular formula is C12H19N3OS. The average Bonchev–Trinajstić information content (AvgIpc) is 2.84. The first-order chi connectivity index (χ1) is 8.06. The zero-order chi connectivity index (χ0) is 12.4. The van der Waals surface area contributed by atoms with Crippen LogP contribution in [0.5, 0.6) is 0 Å². The Kier molecular flexibility index (Phi) is 3.76. The molecule has 1 aliphatic rings. The van der Waals surface area contributed by atoms with Gasteiger partial charge in [0.25, 0.3) is 0 Å². The van der Waals surface area contributed by atoms with E-state index in [4.69, 9.17) is 4.42 Å². The van der Waals surface area contributed by atoms with Gasteiger partial charge in [0.2, 0.25) is 5.89 Å². The first-order valence-corrected chi connectivity index (χ1v) is 6.82. The van der Waals surface area contributed by atoms with Gasteiger partial charge < -0.3 is 9.73 Å². The summed E-state index contributed by atoms with van der Waals surface area (Å²) in [5.41, 5.74) is 0.961. The van der Waals surface area contributed by atoms with Gasteiger partial charge in [-0.25, -0.2) is 4.98 Å². The van der Waals surface area contributed by atoms with E-state index < -0.39 is 0 Å². The van der Waals surface area contributed by atoms with Crippen molar-refractivity contribution < 1.29 is 4.42 Å². The Labute approximate surface area is 106 Å². The summed E-state index contributed by atoms with van der Waals surface area (Å²) < 4.78 is 5.51. The maximum absolute atomic E-state index is 5.51. The summed E-state index contributed by atoms with van der Waals surface area (Å²) in [5, 5.41) is 4.89. The molecule has 1 unspecified atom stereocenters. The van der Waals surface area contributed by atoms with Crippen molar-refractivity contribution in [3.8, 4) is 0 Å². The van der Waals surface area contributed by atoms with E-state index in [0.717, 1.165) is 29.1 Å². The molecular weight excluding hydrogens is 234 g/mol. The summed E-state index contributed by atoms with van der Waals surface area (Å²) >= 11 is 1.82. The van der Waals surface area contributed by atoms with Crippen molar-refractivity contribution in [2.75, 3.05) is 6.54 Å². The fraction of sp³-hybridized carbons (Fsp3) is 0.667. The summed E-state index contributed by atoms with van der Waals surface area (Å²) in [4.78, 5) is 8.81. The SMILES string of the molecule is Cc1nc(CNC2=NCC(C(C)C)S2)oc1C. The van der Waals surface area contributed by atoms with Crippen LogP contribution in [0.4, 0.5) is 0 Å². The third-order valence-corrected chi connectivity index (χ3v) is 4.38. The predicted octanol–water partition coefficient (Wildman–Crippen LogP) is 2.51. The van der Waals surface area contributed by atoms with E-state index in [1.54, 1.807) is 0 Å². The normalized spacial score (nSPS) is 19.8. The molecule has 4 nitrogen and oxygen atoms in total. The fourth-order valence-electron chi connectivity index (χ4n) is 1.60. The van der Waals surface area contributed by atoms with Gasteiger partial charge in [-0.1, -0.05) is 25.6 Å². The zero-order valence-corrected chi connectivity index (χ0v) is 11.6. The van der Waals surface area contributed by atoms with Gasteiger partial charge in [0.15, 0.2) is 5.17 Å². The van der Waals surface area contributed by atoms with Crippen molar-refractivity contribution in [2.24, 2.45) is 10.9 Å². The van der Waals surface area contributed by atoms with Crippen LogP contribution >= 0.6 is 11.8 Å². The summed E-state index contributed by atoms with van der Waals surface area (Å²) in [6.07, 6.45) is 0. The lowest BCUT2D eigenvalue weighted by atomic mass is 10.1. The number of aryl methyl sites for hydroxylation is 2. The average molecular weight is 253 g/mol. The predicted molar refractivity (Wildman–Crippen MR) is 71.3 cm³/mol. The first-order valence-electron chi connectivity index (χ1n) is 5.94. The molecule has 0 saturated carbocycles. The van der Waals surface area contributed by atoms with E-state index >= 15 is 0 Å². The van der Waals surface area contributed by atoms with Crippen LogP contribution < -0.4 is 5.32 Å². The Morgan fingerprint density at radius 2 is 2.24 bits per heavy atom. The standard InChI is InChI=1S/C12H19N3OS/c1-7(2)10-5-13-12(17-10)14-6-11-15-8(3)9(4)16-11/h7,10H,5-6H2,1-4H3,(H,13,14). The monoisotopic (exact) mass is 253 g/mol. The van der Waals surface area contributed by atoms with Crippen LogP contribution in [0.15, 0.2) is 9.41 Å². The highest BCUT2D eigenvalue weighted by atomic mass is 32.2. The van der Waals surface area contributed by atoms with Crippen molar-refractivity contribution in [2.45, 2.75) is 39.5 Å². The van der Waals surface area contributed by atoms with Gasteiger partial charge in [0, 0.05) is 5.25 Å². The minimum Gasteiger partial charge on any atom is -0.444 e. The van der Waals surface area contributed by atoms with Gasteiger partial charge in [-0.05, 0) is 19.8 Å². The topological polar surface area (TPSA) is 50.4 Å². The number of hydrogen-bond donors (Lipinski definition) is 1. The molecule has 2 heterocycles. The Balaban J connectivity index is 1.84. The number of hydrogen-bond acceptors (Lipinski definition) is 5. The molecule has 1 atom stereocenters. The van der Waals surface area contributed by atoms with Gasteiger partial charge in [-0.3, -0.25) is 4.99 Å². The Morgan fingerprint density at radius 3 is 2.76 bits per heavy atom. The van der Waals surface area contributed by atoms with Crippen LogP contribution in [0.2, 0.25) is 0 Å². The summed E-state index contributed by atoms with van der Waals surface area (Å²) in [6, 6.07) is 0. The highest BCUT2D eigenvalue weighted by molar-refractivity contribution is 8.14. The molecule has 1 aromatic heterocycles. The molecule has 5 heteroatoms. The van der Waals surface area contributed by atoms with Gasteiger partial charge in [0.05, 0.1) is 18.8 Å². The maximum Gasteiger partial charge on any atom is 0.213 e. The molecule has 2 rings (SSSR count). The zero-order valence-electron chi connectivity index (χ0n) is 10.8. The molecule has 0 aliphatic carbocycles. The molecule has 0 spiro atoms. The molecule has 0 radical (unpaired) electrons. The lowest BCUT2D eigenvalue weighted by molar-refractivity contribution is 0.465. The molecule has 17 heavy (non-hydrogen) atoms. The summed E-state index contributed by atoms with van der Waals surface area (Å²) in [6.45, 7) is 9.88. The fourth-order valence-corrected chi connectivity index (χ4v) is 2.61. The second kappa shape index (κ2) is 5.12. The quantitative estimate of drug-likeness (QED) is 0.899. The largest absolute Gasteiger partial charge is 0.444 e. The molecule has 0 saturated heterocycles. The summed E-state index contributed by atoms with van der Waals surface area (Å²) in [7, 11) is 0. The molecule has 0 fully saturated rings. The number of oxazole rings is 1. The van der Waals surface area contributed by atoms with Crippen LogP contribution in [0.25, 0.3) is 0 Å². The van der Waals surface area contributed by atoms with Gasteiger partial charge in [-0.15, -0.1) is 0 Å². The molecule has 1 aromatic rings. The van der Waals surface area contributed by atoms with E-state index in [0.29, 0.717) is 17.7 Å². The van der Waals surface area contributed by atoms with Gasteiger partial charge >= 0.3 is 0 Å². The Bertz CT molecular complexity index is 406.